The molecule has 0 aliphatic rings. The molecule has 0 aliphatic heterocycles. The van der Waals surface area contributed by atoms with Crippen LogP contribution in [0.4, 0.5) is 8.78 Å². The molecular weight excluding hydrogens is 384 g/mol. The molecule has 0 saturated carbocycles. The Morgan fingerprint density at radius 1 is 0.966 bits per heavy atom. The van der Waals surface area contributed by atoms with E-state index in [1.165, 1.54) is 31.2 Å². The van der Waals surface area contributed by atoms with Crippen molar-refractivity contribution in [3.05, 3.63) is 64.7 Å². The third kappa shape index (κ3) is 6.38. The Kier molecular flexibility index (Phi) is 7.41. The number of hydrogen-bond donors (Lipinski definition) is 1. The number of carbonyl (C=O) groups is 3. The van der Waals surface area contributed by atoms with Crippen molar-refractivity contribution in [3.8, 4) is 5.75 Å². The highest BCUT2D eigenvalue weighted by Gasteiger charge is 2.20. The first-order valence-electron chi connectivity index (χ1n) is 8.81. The van der Waals surface area contributed by atoms with Crippen molar-refractivity contribution in [1.29, 1.82) is 0 Å². The Bertz CT molecular complexity index is 896. The molecule has 1 atom stereocenters. The van der Waals surface area contributed by atoms with Crippen molar-refractivity contribution in [3.63, 3.8) is 0 Å². The van der Waals surface area contributed by atoms with Gasteiger partial charge in [0.25, 0.3) is 5.91 Å². The van der Waals surface area contributed by atoms with Gasteiger partial charge in [-0.25, -0.2) is 0 Å². The van der Waals surface area contributed by atoms with E-state index in [0.717, 1.165) is 11.1 Å². The van der Waals surface area contributed by atoms with Gasteiger partial charge in [-0.15, -0.1) is 0 Å². The number of rotatable bonds is 8. The minimum atomic E-state index is -2.96. The van der Waals surface area contributed by atoms with E-state index in [1.54, 1.807) is 18.2 Å². The molecule has 0 bridgehead atoms. The van der Waals surface area contributed by atoms with E-state index in [0.29, 0.717) is 5.56 Å². The molecule has 0 unspecified atom stereocenters. The Balaban J connectivity index is 1.86. The van der Waals surface area contributed by atoms with Crippen LogP contribution in [0.1, 0.15) is 38.8 Å². The third-order valence-corrected chi connectivity index (χ3v) is 4.20. The average molecular weight is 405 g/mol. The van der Waals surface area contributed by atoms with E-state index in [1.807, 2.05) is 13.8 Å². The number of hydrogen-bond acceptors (Lipinski definition) is 5. The number of benzene rings is 2. The number of carbonyl (C=O) groups excluding carboxylic acids is 3. The lowest BCUT2D eigenvalue weighted by Crippen LogP contribution is -2.34. The second kappa shape index (κ2) is 9.77. The molecule has 1 N–H and O–H groups in total. The fourth-order valence-electron chi connectivity index (χ4n) is 2.46. The Morgan fingerprint density at radius 3 is 2.17 bits per heavy atom. The lowest BCUT2D eigenvalue weighted by Gasteiger charge is -2.13. The summed E-state index contributed by atoms with van der Waals surface area (Å²) < 4.78 is 33.5. The van der Waals surface area contributed by atoms with Gasteiger partial charge < -0.3 is 14.8 Å². The first-order chi connectivity index (χ1) is 13.7. The van der Waals surface area contributed by atoms with Gasteiger partial charge in [-0.2, -0.15) is 8.78 Å². The fraction of sp³-hybridized carbons (Fsp3) is 0.286. The minimum Gasteiger partial charge on any atom is -0.453 e. The molecule has 1 amide bonds. The summed E-state index contributed by atoms with van der Waals surface area (Å²) >= 11 is 0. The van der Waals surface area contributed by atoms with Crippen LogP contribution in [-0.4, -0.2) is 36.9 Å². The Hall–Kier alpha value is -3.29. The molecule has 0 saturated heterocycles. The molecule has 0 aliphatic carbocycles. The van der Waals surface area contributed by atoms with Crippen molar-refractivity contribution < 1.29 is 32.6 Å². The summed E-state index contributed by atoms with van der Waals surface area (Å²) in [5.74, 6) is -1.81. The van der Waals surface area contributed by atoms with Crippen LogP contribution in [-0.2, 0) is 9.53 Å². The van der Waals surface area contributed by atoms with Crippen molar-refractivity contribution in [1.82, 2.24) is 5.32 Å². The number of alkyl halides is 2. The second-order valence-electron chi connectivity index (χ2n) is 6.38. The normalized spacial score (nSPS) is 11.7. The lowest BCUT2D eigenvalue weighted by molar-refractivity contribution is -0.145. The summed E-state index contributed by atoms with van der Waals surface area (Å²) in [6, 6.07) is 10.2. The van der Waals surface area contributed by atoms with Crippen molar-refractivity contribution in [2.75, 3.05) is 6.54 Å². The van der Waals surface area contributed by atoms with Crippen LogP contribution in [0.25, 0.3) is 0 Å². The van der Waals surface area contributed by atoms with Crippen molar-refractivity contribution in [2.24, 2.45) is 0 Å². The molecule has 2 aromatic carbocycles. The van der Waals surface area contributed by atoms with E-state index >= 15 is 0 Å². The number of nitrogens with one attached hydrogen (secondary N) is 1. The fourth-order valence-corrected chi connectivity index (χ4v) is 2.46. The molecule has 2 rings (SSSR count). The largest absolute Gasteiger partial charge is 0.453 e. The van der Waals surface area contributed by atoms with Crippen LogP contribution in [0.15, 0.2) is 42.5 Å². The van der Waals surface area contributed by atoms with E-state index in [-0.39, 0.29) is 11.3 Å². The number of aryl methyl sites for hydroxylation is 2. The summed E-state index contributed by atoms with van der Waals surface area (Å²) in [6.07, 6.45) is -1.11. The molecule has 0 spiro atoms. The van der Waals surface area contributed by atoms with E-state index in [9.17, 15) is 23.2 Å². The summed E-state index contributed by atoms with van der Waals surface area (Å²) in [5.41, 5.74) is 2.58. The summed E-state index contributed by atoms with van der Waals surface area (Å²) in [5, 5.41) is 2.44. The highest BCUT2D eigenvalue weighted by atomic mass is 19.3. The molecule has 2 aromatic rings. The van der Waals surface area contributed by atoms with Crippen LogP contribution >= 0.6 is 0 Å². The number of ether oxygens (including phenoxy) is 2. The zero-order valence-electron chi connectivity index (χ0n) is 16.2. The second-order valence-corrected chi connectivity index (χ2v) is 6.38. The van der Waals surface area contributed by atoms with Crippen LogP contribution in [0.2, 0.25) is 0 Å². The van der Waals surface area contributed by atoms with Gasteiger partial charge in [0.15, 0.2) is 6.10 Å². The lowest BCUT2D eigenvalue weighted by atomic mass is 10.1. The van der Waals surface area contributed by atoms with E-state index in [2.05, 4.69) is 10.1 Å². The standard InChI is InChI=1S/C21H21F2NO5/c1-12-4-5-16(10-13(12)2)20(27)24-11-18(25)28-14(3)19(26)15-6-8-17(9-7-15)29-21(22)23/h4-10,14,21H,11H2,1-3H3,(H,24,27)/t14-/m0/s1. The van der Waals surface area contributed by atoms with Gasteiger partial charge in [0.1, 0.15) is 12.3 Å². The maximum absolute atomic E-state index is 12.3. The number of ketones is 1. The third-order valence-electron chi connectivity index (χ3n) is 4.20. The molecule has 154 valence electrons. The molecule has 6 nitrogen and oxygen atoms in total. The molecule has 0 heterocycles. The molecule has 0 fully saturated rings. The molecule has 29 heavy (non-hydrogen) atoms. The monoisotopic (exact) mass is 405 g/mol. The first-order valence-corrected chi connectivity index (χ1v) is 8.81. The van der Waals surface area contributed by atoms with E-state index in [4.69, 9.17) is 4.74 Å². The highest BCUT2D eigenvalue weighted by Crippen LogP contribution is 2.16. The highest BCUT2D eigenvalue weighted by molar-refractivity contribution is 6.00. The average Bonchev–Trinajstić information content (AvgIpc) is 2.67. The summed E-state index contributed by atoms with van der Waals surface area (Å²) in [4.78, 5) is 36.3. The Labute approximate surface area is 166 Å². The van der Waals surface area contributed by atoms with Crippen molar-refractivity contribution >= 4 is 17.7 Å². The number of Topliss-reactive ketones (excluding diaryl/α,β-unsaturated/α-hetero) is 1. The summed E-state index contributed by atoms with van der Waals surface area (Å²) in [6.45, 7) is 1.82. The van der Waals surface area contributed by atoms with Crippen LogP contribution in [0, 0.1) is 13.8 Å². The van der Waals surface area contributed by atoms with Gasteiger partial charge in [-0.1, -0.05) is 6.07 Å². The van der Waals surface area contributed by atoms with E-state index < -0.39 is 36.9 Å². The molecule has 0 aromatic heterocycles. The minimum absolute atomic E-state index is 0.0877. The van der Waals surface area contributed by atoms with Gasteiger partial charge in [0, 0.05) is 11.1 Å². The van der Waals surface area contributed by atoms with Crippen LogP contribution in [0.5, 0.6) is 5.75 Å². The SMILES string of the molecule is Cc1ccc(C(=O)NCC(=O)O[C@@H](C)C(=O)c2ccc(OC(F)F)cc2)cc1C. The van der Waals surface area contributed by atoms with Gasteiger partial charge >= 0.3 is 12.6 Å². The maximum atomic E-state index is 12.3. The number of halogens is 2. The summed E-state index contributed by atoms with van der Waals surface area (Å²) in [7, 11) is 0. The number of esters is 1. The quantitative estimate of drug-likeness (QED) is 0.537. The zero-order chi connectivity index (χ0) is 21.6. The van der Waals surface area contributed by atoms with Gasteiger partial charge in [-0.05, 0) is 68.3 Å². The van der Waals surface area contributed by atoms with Crippen LogP contribution in [0.3, 0.4) is 0 Å². The van der Waals surface area contributed by atoms with Gasteiger partial charge in [0.2, 0.25) is 5.78 Å². The molecule has 8 heteroatoms. The van der Waals surface area contributed by atoms with Crippen LogP contribution < -0.4 is 10.1 Å². The smallest absolute Gasteiger partial charge is 0.387 e. The maximum Gasteiger partial charge on any atom is 0.387 e. The predicted molar refractivity (Wildman–Crippen MR) is 101 cm³/mol. The van der Waals surface area contributed by atoms with Crippen molar-refractivity contribution in [2.45, 2.75) is 33.5 Å². The first kappa shape index (κ1) is 22.0. The molecule has 0 radical (unpaired) electrons. The van der Waals surface area contributed by atoms with Gasteiger partial charge in [-0.3, -0.25) is 14.4 Å². The van der Waals surface area contributed by atoms with Gasteiger partial charge in [0.05, 0.1) is 0 Å². The molecular formula is C21H21F2NO5. The number of amides is 1. The topological polar surface area (TPSA) is 81.7 Å². The predicted octanol–water partition coefficient (Wildman–Crippen LogP) is 3.45. The zero-order valence-corrected chi connectivity index (χ0v) is 16.2. The Morgan fingerprint density at radius 2 is 1.59 bits per heavy atom.